The summed E-state index contributed by atoms with van der Waals surface area (Å²) in [6, 6.07) is -3.84. The van der Waals surface area contributed by atoms with Crippen LogP contribution < -0.4 is 0 Å². The van der Waals surface area contributed by atoms with Crippen LogP contribution >= 0.6 is 0 Å². The zero-order valence-corrected chi connectivity index (χ0v) is 15.7. The number of alkyl halides is 6. The van der Waals surface area contributed by atoms with Gasteiger partial charge in [0.15, 0.2) is 0 Å². The molecule has 2 rings (SSSR count). The molecule has 0 N–H and O–H groups in total. The van der Waals surface area contributed by atoms with Crippen LogP contribution in [0.4, 0.5) is 26.3 Å². The molecule has 0 bridgehead atoms. The zero-order valence-electron chi connectivity index (χ0n) is 15.7. The first-order chi connectivity index (χ1) is 11.9. The highest BCUT2D eigenvalue weighted by Gasteiger charge is 2.51. The lowest BCUT2D eigenvalue weighted by molar-refractivity contribution is -0.217. The maximum absolute atomic E-state index is 13.7. The van der Waals surface area contributed by atoms with Crippen LogP contribution in [0.15, 0.2) is 0 Å². The van der Waals surface area contributed by atoms with Crippen LogP contribution in [0.3, 0.4) is 0 Å². The van der Waals surface area contributed by atoms with Gasteiger partial charge >= 0.3 is 12.4 Å². The van der Waals surface area contributed by atoms with Gasteiger partial charge in [-0.3, -0.25) is 9.80 Å². The van der Waals surface area contributed by atoms with Gasteiger partial charge in [0.1, 0.15) is 12.1 Å². The Morgan fingerprint density at radius 1 is 0.808 bits per heavy atom. The standard InChI is InChI=1S/C18H30F6N2/c1-12(2)25-10-6-7-14(16(25)18(22,23)24)11-13(3)26-9-5-4-8-15(26)17(19,20)21/h12-16H,4-11H2,1-3H3/t13?,14?,15-,16+/m1/s1. The summed E-state index contributed by atoms with van der Waals surface area (Å²) in [7, 11) is 0. The molecule has 26 heavy (non-hydrogen) atoms. The molecule has 154 valence electrons. The molecule has 2 aliphatic heterocycles. The van der Waals surface area contributed by atoms with Crippen molar-refractivity contribution in [2.24, 2.45) is 5.92 Å². The largest absolute Gasteiger partial charge is 0.404 e. The molecular formula is C18H30F6N2. The zero-order chi connectivity index (χ0) is 19.7. The summed E-state index contributed by atoms with van der Waals surface area (Å²) in [6.07, 6.45) is -6.23. The van der Waals surface area contributed by atoms with E-state index in [1.165, 1.54) is 9.80 Å². The lowest BCUT2D eigenvalue weighted by atomic mass is 9.82. The van der Waals surface area contributed by atoms with Crippen molar-refractivity contribution in [1.29, 1.82) is 0 Å². The van der Waals surface area contributed by atoms with Crippen LogP contribution in [0.1, 0.15) is 59.3 Å². The molecule has 0 saturated carbocycles. The minimum Gasteiger partial charge on any atom is -0.290 e. The van der Waals surface area contributed by atoms with E-state index in [1.807, 2.05) is 0 Å². The van der Waals surface area contributed by atoms with Gasteiger partial charge in [-0.15, -0.1) is 0 Å². The van der Waals surface area contributed by atoms with Crippen LogP contribution in [0, 0.1) is 5.92 Å². The second-order valence-corrected chi connectivity index (χ2v) is 8.10. The van der Waals surface area contributed by atoms with Crippen molar-refractivity contribution < 1.29 is 26.3 Å². The molecule has 0 aliphatic carbocycles. The van der Waals surface area contributed by atoms with Gasteiger partial charge in [0.2, 0.25) is 0 Å². The Morgan fingerprint density at radius 3 is 1.96 bits per heavy atom. The monoisotopic (exact) mass is 388 g/mol. The highest BCUT2D eigenvalue weighted by Crippen LogP contribution is 2.41. The SMILES string of the molecule is CC(C)N1CCCC(CC(C)N2CCCC[C@@H]2C(F)(F)F)[C@H]1C(F)(F)F. The Bertz CT molecular complexity index is 448. The summed E-state index contributed by atoms with van der Waals surface area (Å²) in [5, 5.41) is 0. The Labute approximate surface area is 151 Å². The van der Waals surface area contributed by atoms with E-state index < -0.39 is 36.4 Å². The molecule has 2 aliphatic rings. The molecule has 2 saturated heterocycles. The fourth-order valence-corrected chi connectivity index (χ4v) is 4.79. The van der Waals surface area contributed by atoms with Crippen molar-refractivity contribution in [3.63, 3.8) is 0 Å². The highest BCUT2D eigenvalue weighted by atomic mass is 19.4. The molecule has 2 unspecified atom stereocenters. The van der Waals surface area contributed by atoms with Gasteiger partial charge < -0.3 is 0 Å². The van der Waals surface area contributed by atoms with Gasteiger partial charge in [-0.1, -0.05) is 6.42 Å². The van der Waals surface area contributed by atoms with Crippen LogP contribution in [0.5, 0.6) is 0 Å². The predicted molar refractivity (Wildman–Crippen MR) is 88.9 cm³/mol. The molecule has 0 radical (unpaired) electrons. The first-order valence-electron chi connectivity index (χ1n) is 9.57. The van der Waals surface area contributed by atoms with Crippen LogP contribution in [0.25, 0.3) is 0 Å². The summed E-state index contributed by atoms with van der Waals surface area (Å²) in [6.45, 7) is 5.85. The number of nitrogens with zero attached hydrogens (tertiary/aromatic N) is 2. The van der Waals surface area contributed by atoms with Crippen LogP contribution in [-0.4, -0.2) is 59.4 Å². The Hall–Kier alpha value is -0.500. The molecule has 8 heteroatoms. The molecule has 2 fully saturated rings. The topological polar surface area (TPSA) is 6.48 Å². The highest BCUT2D eigenvalue weighted by molar-refractivity contribution is 4.94. The van der Waals surface area contributed by atoms with Crippen LogP contribution in [-0.2, 0) is 0 Å². The second-order valence-electron chi connectivity index (χ2n) is 8.10. The number of hydrogen-bond acceptors (Lipinski definition) is 2. The summed E-state index contributed by atoms with van der Waals surface area (Å²) in [4.78, 5) is 2.86. The molecule has 0 aromatic rings. The van der Waals surface area contributed by atoms with Gasteiger partial charge in [0.25, 0.3) is 0 Å². The van der Waals surface area contributed by atoms with E-state index in [-0.39, 0.29) is 18.9 Å². The summed E-state index contributed by atoms with van der Waals surface area (Å²) in [5.41, 5.74) is 0. The van der Waals surface area contributed by atoms with Crippen LogP contribution in [0.2, 0.25) is 0 Å². The number of piperidine rings is 2. The summed E-state index contributed by atoms with van der Waals surface area (Å²) in [5.74, 6) is -0.656. The van der Waals surface area contributed by atoms with Gasteiger partial charge in [-0.05, 0) is 71.9 Å². The molecular weight excluding hydrogens is 358 g/mol. The Morgan fingerprint density at radius 2 is 1.42 bits per heavy atom. The van der Waals surface area contributed by atoms with Gasteiger partial charge in [0.05, 0.1) is 0 Å². The van der Waals surface area contributed by atoms with E-state index in [2.05, 4.69) is 0 Å². The van der Waals surface area contributed by atoms with E-state index in [0.717, 1.165) is 0 Å². The van der Waals surface area contributed by atoms with E-state index in [4.69, 9.17) is 0 Å². The Balaban J connectivity index is 2.15. The van der Waals surface area contributed by atoms with Crippen molar-refractivity contribution in [3.8, 4) is 0 Å². The lowest BCUT2D eigenvalue weighted by Gasteiger charge is -2.47. The number of hydrogen-bond donors (Lipinski definition) is 0. The molecule has 0 spiro atoms. The smallest absolute Gasteiger partial charge is 0.290 e. The first-order valence-corrected chi connectivity index (χ1v) is 9.57. The number of halogens is 6. The minimum atomic E-state index is -4.36. The van der Waals surface area contributed by atoms with Crippen molar-refractivity contribution in [2.45, 2.75) is 95.8 Å². The average Bonchev–Trinajstić information content (AvgIpc) is 2.52. The Kier molecular flexibility index (Phi) is 6.92. The first kappa shape index (κ1) is 21.8. The van der Waals surface area contributed by atoms with Crippen molar-refractivity contribution >= 4 is 0 Å². The number of likely N-dealkylation sites (tertiary alicyclic amines) is 2. The fraction of sp³-hybridized carbons (Fsp3) is 1.00. The molecule has 0 aromatic heterocycles. The molecule has 2 heterocycles. The normalized spacial score (nSPS) is 31.4. The third-order valence-electron chi connectivity index (χ3n) is 5.93. The maximum atomic E-state index is 13.7. The van der Waals surface area contributed by atoms with Crippen molar-refractivity contribution in [1.82, 2.24) is 9.80 Å². The lowest BCUT2D eigenvalue weighted by Crippen LogP contribution is -2.58. The van der Waals surface area contributed by atoms with Gasteiger partial charge in [0, 0.05) is 12.1 Å². The van der Waals surface area contributed by atoms with Crippen molar-refractivity contribution in [2.75, 3.05) is 13.1 Å². The fourth-order valence-electron chi connectivity index (χ4n) is 4.79. The third kappa shape index (κ3) is 5.06. The predicted octanol–water partition coefficient (Wildman–Crippen LogP) is 5.23. The molecule has 2 nitrogen and oxygen atoms in total. The van der Waals surface area contributed by atoms with E-state index >= 15 is 0 Å². The van der Waals surface area contributed by atoms with Gasteiger partial charge in [-0.25, -0.2) is 0 Å². The second kappa shape index (κ2) is 8.25. The minimum absolute atomic E-state index is 0.0410. The quantitative estimate of drug-likeness (QED) is 0.608. The van der Waals surface area contributed by atoms with E-state index in [0.29, 0.717) is 38.8 Å². The summed E-state index contributed by atoms with van der Waals surface area (Å²) < 4.78 is 81.2. The van der Waals surface area contributed by atoms with E-state index in [9.17, 15) is 26.3 Å². The van der Waals surface area contributed by atoms with E-state index in [1.54, 1.807) is 20.8 Å². The molecule has 0 amide bonds. The van der Waals surface area contributed by atoms with Crippen molar-refractivity contribution in [3.05, 3.63) is 0 Å². The summed E-state index contributed by atoms with van der Waals surface area (Å²) >= 11 is 0. The van der Waals surface area contributed by atoms with Gasteiger partial charge in [-0.2, -0.15) is 26.3 Å². The number of rotatable bonds is 4. The molecule has 4 atom stereocenters. The third-order valence-corrected chi connectivity index (χ3v) is 5.93. The maximum Gasteiger partial charge on any atom is 0.404 e. The average molecular weight is 388 g/mol. The molecule has 0 aromatic carbocycles.